The number of aromatic amines is 1. The summed E-state index contributed by atoms with van der Waals surface area (Å²) in [5.41, 5.74) is -0.0333. The Labute approximate surface area is 325 Å². The summed E-state index contributed by atoms with van der Waals surface area (Å²) >= 11 is 0. The Hall–Kier alpha value is -5.19. The fraction of sp³-hybridized carbons (Fsp3) is 0.538. The molecule has 5 atom stereocenters. The molecule has 0 radical (unpaired) electrons. The maximum atomic E-state index is 14.6. The highest BCUT2D eigenvalue weighted by Crippen LogP contribution is 2.46. The number of hydrogen-bond acceptors (Lipinski definition) is 11. The van der Waals surface area contributed by atoms with Crippen molar-refractivity contribution in [1.29, 1.82) is 0 Å². The van der Waals surface area contributed by atoms with E-state index in [1.165, 1.54) is 17.2 Å². The Bertz CT molecular complexity index is 2140. The predicted octanol–water partition coefficient (Wildman–Crippen LogP) is 3.21. The number of amides is 4. The van der Waals surface area contributed by atoms with Gasteiger partial charge in [0.15, 0.2) is 0 Å². The molecule has 2 aliphatic carbocycles. The number of benzene rings is 1. The first kappa shape index (κ1) is 39.1. The van der Waals surface area contributed by atoms with Crippen molar-refractivity contribution in [3.63, 3.8) is 0 Å². The molecular weight excluding hydrogens is 743 g/mol. The van der Waals surface area contributed by atoms with E-state index >= 15 is 0 Å². The highest BCUT2D eigenvalue weighted by molar-refractivity contribution is 7.91. The predicted molar refractivity (Wildman–Crippen MR) is 204 cm³/mol. The summed E-state index contributed by atoms with van der Waals surface area (Å²) < 4.78 is 46.2. The summed E-state index contributed by atoms with van der Waals surface area (Å²) in [5, 5.41) is 12.3. The quantitative estimate of drug-likeness (QED) is 0.219. The molecule has 3 fully saturated rings. The van der Waals surface area contributed by atoms with Gasteiger partial charge >= 0.3 is 0 Å². The standard InChI is InChI=1S/C39H49N7O9S/c1-22(2)54-33-19-32(27-14-15-31(53-4)23(3)34(27)42-33)55-25-18-30-36(48)43-39(38(50)45-56(51,52)26-12-13-26)20-24(39)10-8-6-5-7-9-11-29(37(49)46(30)21-25)41-35(47)28-16-17-40-44-28/h8,10,14-17,19,22,24-26,29-30H,5-7,9,11-13,18,20-21H2,1-4H3,(H,40,44)(H,41,47)(H,43,48)(H,45,50)/b10-8-/t24?,25-,29+,30+,39-/m1/s1. The van der Waals surface area contributed by atoms with Gasteiger partial charge in [-0.3, -0.25) is 29.0 Å². The van der Waals surface area contributed by atoms with E-state index < -0.39 is 68.5 Å². The van der Waals surface area contributed by atoms with Crippen LogP contribution in [-0.2, 0) is 24.4 Å². The lowest BCUT2D eigenvalue weighted by Crippen LogP contribution is -2.58. The van der Waals surface area contributed by atoms with Gasteiger partial charge < -0.3 is 29.7 Å². The highest BCUT2D eigenvalue weighted by atomic mass is 32.2. The van der Waals surface area contributed by atoms with Gasteiger partial charge in [-0.25, -0.2) is 13.4 Å². The Morgan fingerprint density at radius 2 is 1.88 bits per heavy atom. The SMILES string of the molecule is COc1ccc2c(O[C@@H]3C[C@H]4C(=O)N[C@]5(C(=O)NS(=O)(=O)C6CC6)CC5/C=C\CCCCC[C@H](NC(=O)c5cc[nH]n5)C(=O)N4C3)cc(OC(C)C)nc2c1C. The van der Waals surface area contributed by atoms with Crippen LogP contribution in [-0.4, -0.2) is 101 Å². The van der Waals surface area contributed by atoms with Crippen LogP contribution in [0.4, 0.5) is 0 Å². The molecule has 56 heavy (non-hydrogen) atoms. The van der Waals surface area contributed by atoms with Crippen LogP contribution >= 0.6 is 0 Å². The van der Waals surface area contributed by atoms with Crippen LogP contribution in [0.15, 0.2) is 42.6 Å². The van der Waals surface area contributed by atoms with Gasteiger partial charge in [0.05, 0.1) is 30.5 Å². The zero-order chi connectivity index (χ0) is 39.8. The van der Waals surface area contributed by atoms with E-state index in [0.29, 0.717) is 60.4 Å². The molecule has 2 aromatic heterocycles. The molecule has 0 bridgehead atoms. The Kier molecular flexibility index (Phi) is 11.0. The lowest BCUT2D eigenvalue weighted by atomic mass is 10.0. The second-order valence-corrected chi connectivity index (χ2v) is 17.4. The Balaban J connectivity index is 1.23. The second kappa shape index (κ2) is 15.7. The number of allylic oxidation sites excluding steroid dienone is 1. The van der Waals surface area contributed by atoms with Crippen LogP contribution in [0.3, 0.4) is 0 Å². The van der Waals surface area contributed by atoms with Crippen molar-refractivity contribution in [2.24, 2.45) is 5.92 Å². The van der Waals surface area contributed by atoms with Crippen LogP contribution < -0.4 is 29.6 Å². The van der Waals surface area contributed by atoms with E-state index in [-0.39, 0.29) is 31.2 Å². The number of H-pyrrole nitrogens is 1. The van der Waals surface area contributed by atoms with Crippen molar-refractivity contribution in [2.45, 2.75) is 114 Å². The van der Waals surface area contributed by atoms with Crippen LogP contribution in [0.1, 0.15) is 87.7 Å². The van der Waals surface area contributed by atoms with Crippen molar-refractivity contribution in [2.75, 3.05) is 13.7 Å². The molecule has 4 amide bonds. The molecule has 300 valence electrons. The number of carbonyl (C=O) groups excluding carboxylic acids is 4. The zero-order valence-electron chi connectivity index (χ0n) is 32.0. The van der Waals surface area contributed by atoms with E-state index in [1.54, 1.807) is 13.2 Å². The number of aromatic nitrogens is 3. The van der Waals surface area contributed by atoms with Crippen LogP contribution in [0, 0.1) is 12.8 Å². The van der Waals surface area contributed by atoms with Gasteiger partial charge in [-0.15, -0.1) is 0 Å². The molecule has 4 heterocycles. The summed E-state index contributed by atoms with van der Waals surface area (Å²) in [4.78, 5) is 62.3. The van der Waals surface area contributed by atoms with Crippen molar-refractivity contribution in [3.8, 4) is 17.4 Å². The second-order valence-electron chi connectivity index (χ2n) is 15.4. The summed E-state index contributed by atoms with van der Waals surface area (Å²) in [6, 6.07) is 4.70. The molecule has 7 rings (SSSR count). The van der Waals surface area contributed by atoms with E-state index in [9.17, 15) is 27.6 Å². The molecule has 1 saturated heterocycles. The number of carbonyl (C=O) groups is 4. The molecule has 0 spiro atoms. The number of aryl methyl sites for hydroxylation is 1. The summed E-state index contributed by atoms with van der Waals surface area (Å²) in [6.07, 6.45) is 8.76. The molecule has 4 N–H and O–H groups in total. The van der Waals surface area contributed by atoms with E-state index in [0.717, 1.165) is 18.4 Å². The first-order valence-electron chi connectivity index (χ1n) is 19.3. The fourth-order valence-electron chi connectivity index (χ4n) is 7.62. The summed E-state index contributed by atoms with van der Waals surface area (Å²) in [7, 11) is -2.33. The van der Waals surface area contributed by atoms with Gasteiger partial charge in [-0.2, -0.15) is 5.10 Å². The first-order chi connectivity index (χ1) is 26.8. The van der Waals surface area contributed by atoms with Crippen LogP contribution in [0.25, 0.3) is 10.9 Å². The summed E-state index contributed by atoms with van der Waals surface area (Å²) in [6.45, 7) is 5.62. The Morgan fingerprint density at radius 3 is 2.59 bits per heavy atom. The number of nitrogens with zero attached hydrogens (tertiary/aromatic N) is 3. The Morgan fingerprint density at radius 1 is 1.07 bits per heavy atom. The minimum absolute atomic E-state index is 0.0242. The molecule has 4 aliphatic rings. The van der Waals surface area contributed by atoms with Gasteiger partial charge in [0.25, 0.3) is 11.8 Å². The van der Waals surface area contributed by atoms with Crippen LogP contribution in [0.2, 0.25) is 0 Å². The van der Waals surface area contributed by atoms with E-state index in [4.69, 9.17) is 19.2 Å². The third-order valence-electron chi connectivity index (χ3n) is 10.9. The smallest absolute Gasteiger partial charge is 0.272 e. The number of methoxy groups -OCH3 is 1. The summed E-state index contributed by atoms with van der Waals surface area (Å²) in [5.74, 6) is -1.51. The fourth-order valence-corrected chi connectivity index (χ4v) is 8.99. The van der Waals surface area contributed by atoms with E-state index in [2.05, 4.69) is 25.6 Å². The molecule has 16 nitrogen and oxygen atoms in total. The number of pyridine rings is 1. The molecule has 17 heteroatoms. The highest BCUT2D eigenvalue weighted by Gasteiger charge is 2.62. The monoisotopic (exact) mass is 791 g/mol. The number of nitrogens with one attached hydrogen (secondary N) is 4. The lowest BCUT2D eigenvalue weighted by molar-refractivity contribution is -0.141. The number of rotatable bonds is 10. The van der Waals surface area contributed by atoms with Crippen molar-refractivity contribution in [1.82, 2.24) is 35.4 Å². The third-order valence-corrected chi connectivity index (χ3v) is 12.7. The van der Waals surface area contributed by atoms with Crippen molar-refractivity contribution < 1.29 is 41.8 Å². The van der Waals surface area contributed by atoms with Gasteiger partial charge in [0.2, 0.25) is 27.7 Å². The zero-order valence-corrected chi connectivity index (χ0v) is 32.8. The van der Waals surface area contributed by atoms with Gasteiger partial charge in [0, 0.05) is 35.6 Å². The van der Waals surface area contributed by atoms with Crippen molar-refractivity contribution >= 4 is 44.6 Å². The molecular formula is C39H49N7O9S. The average Bonchev–Trinajstić information content (AvgIpc) is 4.01. The molecule has 2 saturated carbocycles. The average molecular weight is 792 g/mol. The topological polar surface area (TPSA) is 211 Å². The van der Waals surface area contributed by atoms with Crippen molar-refractivity contribution in [3.05, 3.63) is 53.9 Å². The number of hydrogen-bond donors (Lipinski definition) is 4. The largest absolute Gasteiger partial charge is 0.496 e. The van der Waals surface area contributed by atoms with Gasteiger partial charge in [0.1, 0.15) is 40.9 Å². The minimum atomic E-state index is -3.90. The maximum absolute atomic E-state index is 14.6. The normalized spacial score (nSPS) is 26.3. The number of sulfonamides is 1. The maximum Gasteiger partial charge on any atom is 0.272 e. The van der Waals surface area contributed by atoms with E-state index in [1.807, 2.05) is 45.1 Å². The van der Waals surface area contributed by atoms with Crippen LogP contribution in [0.5, 0.6) is 17.4 Å². The lowest BCUT2D eigenvalue weighted by Gasteiger charge is -2.29. The number of ether oxygens (including phenoxy) is 3. The third kappa shape index (κ3) is 8.18. The minimum Gasteiger partial charge on any atom is -0.496 e. The molecule has 2 aliphatic heterocycles. The van der Waals surface area contributed by atoms with Gasteiger partial charge in [-0.1, -0.05) is 25.0 Å². The van der Waals surface area contributed by atoms with Gasteiger partial charge in [-0.05, 0) is 77.5 Å². The molecule has 1 aromatic carbocycles. The molecule has 1 unspecified atom stereocenters. The first-order valence-corrected chi connectivity index (χ1v) is 20.8. The number of fused-ring (bicyclic) bond motifs is 3. The molecule has 3 aromatic rings.